The van der Waals surface area contributed by atoms with E-state index in [1.807, 2.05) is 6.07 Å². The molecule has 0 spiro atoms. The first-order chi connectivity index (χ1) is 9.07. The molecule has 1 aromatic heterocycles. The Morgan fingerprint density at radius 1 is 1.42 bits per heavy atom. The number of nitrogens with zero attached hydrogens (tertiary/aromatic N) is 1. The molecular formula is C15H20N2O2. The second kappa shape index (κ2) is 4.51. The van der Waals surface area contributed by atoms with E-state index < -0.39 is 5.97 Å². The van der Waals surface area contributed by atoms with Gasteiger partial charge in [0.2, 0.25) is 0 Å². The number of rotatable bonds is 4. The molecule has 0 radical (unpaired) electrons. The Balaban J connectivity index is 1.89. The van der Waals surface area contributed by atoms with Gasteiger partial charge in [-0.1, -0.05) is 6.92 Å². The van der Waals surface area contributed by atoms with E-state index in [9.17, 15) is 9.90 Å². The summed E-state index contributed by atoms with van der Waals surface area (Å²) in [6.07, 6.45) is 6.66. The largest absolute Gasteiger partial charge is 0.478 e. The van der Waals surface area contributed by atoms with Crippen molar-refractivity contribution in [1.29, 1.82) is 0 Å². The molecule has 0 saturated heterocycles. The average Bonchev–Trinajstić information content (AvgIpc) is 3.13. The fraction of sp³-hybridized carbons (Fsp3) is 0.600. The fourth-order valence-corrected chi connectivity index (χ4v) is 2.62. The van der Waals surface area contributed by atoms with Gasteiger partial charge in [0.1, 0.15) is 11.4 Å². The summed E-state index contributed by atoms with van der Waals surface area (Å²) < 4.78 is 0. The van der Waals surface area contributed by atoms with Crippen LogP contribution in [0.3, 0.4) is 0 Å². The first-order valence-corrected chi connectivity index (χ1v) is 7.07. The molecule has 3 rings (SSSR count). The van der Waals surface area contributed by atoms with Crippen molar-refractivity contribution in [3.05, 3.63) is 22.9 Å². The van der Waals surface area contributed by atoms with Gasteiger partial charge < -0.3 is 10.4 Å². The monoisotopic (exact) mass is 260 g/mol. The van der Waals surface area contributed by atoms with Crippen LogP contribution in [0.1, 0.15) is 54.2 Å². The molecule has 2 aliphatic rings. The number of pyridine rings is 1. The van der Waals surface area contributed by atoms with E-state index in [-0.39, 0.29) is 0 Å². The number of aromatic carboxylic acids is 1. The molecule has 0 atom stereocenters. The molecule has 4 nitrogen and oxygen atoms in total. The van der Waals surface area contributed by atoms with Crippen LogP contribution in [0.2, 0.25) is 0 Å². The Morgan fingerprint density at radius 3 is 2.84 bits per heavy atom. The minimum Gasteiger partial charge on any atom is -0.478 e. The molecule has 19 heavy (non-hydrogen) atoms. The maximum atomic E-state index is 11.4. The van der Waals surface area contributed by atoms with Gasteiger partial charge in [-0.15, -0.1) is 0 Å². The molecule has 0 bridgehead atoms. The minimum atomic E-state index is -0.885. The van der Waals surface area contributed by atoms with Crippen LogP contribution in [-0.2, 0) is 12.8 Å². The minimum absolute atomic E-state index is 0.324. The maximum absolute atomic E-state index is 11.4. The number of carboxylic acid groups (broad SMARTS) is 1. The number of anilines is 1. The van der Waals surface area contributed by atoms with Gasteiger partial charge in [0.25, 0.3) is 0 Å². The standard InChI is InChI=1S/C15H20N2O2/c1-15(6-7-15)9-16-13-11(14(18)19)8-10-4-2-3-5-12(10)17-13/h8H,2-7,9H2,1H3,(H,16,17)(H,18,19). The summed E-state index contributed by atoms with van der Waals surface area (Å²) in [6.45, 7) is 3.04. The predicted octanol–water partition coefficient (Wildman–Crippen LogP) is 2.87. The highest BCUT2D eigenvalue weighted by Gasteiger charge is 2.37. The van der Waals surface area contributed by atoms with E-state index in [1.54, 1.807) is 0 Å². The zero-order valence-electron chi connectivity index (χ0n) is 11.3. The van der Waals surface area contributed by atoms with Gasteiger partial charge in [0.15, 0.2) is 0 Å². The van der Waals surface area contributed by atoms with E-state index in [2.05, 4.69) is 17.2 Å². The third-order valence-corrected chi connectivity index (χ3v) is 4.32. The number of fused-ring (bicyclic) bond motifs is 1. The summed E-state index contributed by atoms with van der Waals surface area (Å²) in [4.78, 5) is 15.9. The van der Waals surface area contributed by atoms with Crippen molar-refractivity contribution in [3.63, 3.8) is 0 Å². The number of hydrogen-bond acceptors (Lipinski definition) is 3. The van der Waals surface area contributed by atoms with Crippen LogP contribution in [-0.4, -0.2) is 22.6 Å². The zero-order valence-corrected chi connectivity index (χ0v) is 11.3. The molecule has 1 fully saturated rings. The van der Waals surface area contributed by atoms with Crippen LogP contribution in [0.15, 0.2) is 6.07 Å². The average molecular weight is 260 g/mol. The van der Waals surface area contributed by atoms with Gasteiger partial charge in [0, 0.05) is 12.2 Å². The molecule has 1 aromatic rings. The van der Waals surface area contributed by atoms with Crippen molar-refractivity contribution < 1.29 is 9.90 Å². The first kappa shape index (κ1) is 12.5. The maximum Gasteiger partial charge on any atom is 0.339 e. The van der Waals surface area contributed by atoms with Gasteiger partial charge in [0.05, 0.1) is 0 Å². The molecular weight excluding hydrogens is 240 g/mol. The van der Waals surface area contributed by atoms with Gasteiger partial charge in [-0.2, -0.15) is 0 Å². The Hall–Kier alpha value is -1.58. The topological polar surface area (TPSA) is 62.2 Å². The summed E-state index contributed by atoms with van der Waals surface area (Å²) >= 11 is 0. The smallest absolute Gasteiger partial charge is 0.339 e. The number of nitrogens with one attached hydrogen (secondary N) is 1. The van der Waals surface area contributed by atoms with E-state index in [0.29, 0.717) is 16.8 Å². The van der Waals surface area contributed by atoms with E-state index in [1.165, 1.54) is 12.8 Å². The molecule has 2 aliphatic carbocycles. The van der Waals surface area contributed by atoms with Crippen LogP contribution in [0, 0.1) is 5.41 Å². The molecule has 1 heterocycles. The Morgan fingerprint density at radius 2 is 2.16 bits per heavy atom. The predicted molar refractivity (Wildman–Crippen MR) is 73.7 cm³/mol. The van der Waals surface area contributed by atoms with Gasteiger partial charge >= 0.3 is 5.97 Å². The molecule has 0 amide bonds. The SMILES string of the molecule is CC1(CNc2nc3c(cc2C(=O)O)CCCC3)CC1. The highest BCUT2D eigenvalue weighted by Crippen LogP contribution is 2.44. The van der Waals surface area contributed by atoms with Crippen LogP contribution >= 0.6 is 0 Å². The van der Waals surface area contributed by atoms with Gasteiger partial charge in [-0.3, -0.25) is 0 Å². The van der Waals surface area contributed by atoms with Crippen molar-refractivity contribution in [1.82, 2.24) is 4.98 Å². The van der Waals surface area contributed by atoms with Crippen LogP contribution in [0.25, 0.3) is 0 Å². The molecule has 0 unspecified atom stereocenters. The lowest BCUT2D eigenvalue weighted by Gasteiger charge is -2.19. The highest BCUT2D eigenvalue weighted by molar-refractivity contribution is 5.93. The summed E-state index contributed by atoms with van der Waals surface area (Å²) in [5, 5.41) is 12.6. The Bertz CT molecular complexity index is 521. The van der Waals surface area contributed by atoms with Crippen molar-refractivity contribution >= 4 is 11.8 Å². The quantitative estimate of drug-likeness (QED) is 0.873. The molecule has 2 N–H and O–H groups in total. The molecule has 4 heteroatoms. The number of aromatic nitrogens is 1. The Kier molecular flexibility index (Phi) is 2.96. The lowest BCUT2D eigenvalue weighted by atomic mass is 9.94. The van der Waals surface area contributed by atoms with Crippen molar-refractivity contribution in [2.75, 3.05) is 11.9 Å². The normalized spacial score (nSPS) is 19.6. The highest BCUT2D eigenvalue weighted by atomic mass is 16.4. The van der Waals surface area contributed by atoms with Crippen molar-refractivity contribution in [3.8, 4) is 0 Å². The van der Waals surface area contributed by atoms with Crippen molar-refractivity contribution in [2.24, 2.45) is 5.41 Å². The molecule has 102 valence electrons. The van der Waals surface area contributed by atoms with Crippen LogP contribution < -0.4 is 5.32 Å². The Labute approximate surface area is 113 Å². The second-order valence-corrected chi connectivity index (χ2v) is 6.17. The van der Waals surface area contributed by atoms with E-state index in [4.69, 9.17) is 0 Å². The summed E-state index contributed by atoms with van der Waals surface area (Å²) in [5.74, 6) is -0.328. The van der Waals surface area contributed by atoms with Crippen LogP contribution in [0.4, 0.5) is 5.82 Å². The second-order valence-electron chi connectivity index (χ2n) is 6.17. The third kappa shape index (κ3) is 2.57. The van der Waals surface area contributed by atoms with Crippen LogP contribution in [0.5, 0.6) is 0 Å². The zero-order chi connectivity index (χ0) is 13.5. The molecule has 1 saturated carbocycles. The summed E-state index contributed by atoms with van der Waals surface area (Å²) in [7, 11) is 0. The summed E-state index contributed by atoms with van der Waals surface area (Å²) in [6, 6.07) is 1.82. The van der Waals surface area contributed by atoms with Gasteiger partial charge in [-0.05, 0) is 55.6 Å². The summed E-state index contributed by atoms with van der Waals surface area (Å²) in [5.41, 5.74) is 2.87. The number of aryl methyl sites for hydroxylation is 2. The number of hydrogen-bond donors (Lipinski definition) is 2. The third-order valence-electron chi connectivity index (χ3n) is 4.32. The number of carboxylic acids is 1. The van der Waals surface area contributed by atoms with Crippen molar-refractivity contribution in [2.45, 2.75) is 45.4 Å². The van der Waals surface area contributed by atoms with E-state index in [0.717, 1.165) is 43.5 Å². The lowest BCUT2D eigenvalue weighted by Crippen LogP contribution is -2.18. The fourth-order valence-electron chi connectivity index (χ4n) is 2.62. The van der Waals surface area contributed by atoms with Gasteiger partial charge in [-0.25, -0.2) is 9.78 Å². The van der Waals surface area contributed by atoms with E-state index >= 15 is 0 Å². The lowest BCUT2D eigenvalue weighted by molar-refractivity contribution is 0.0697. The molecule has 0 aliphatic heterocycles. The first-order valence-electron chi connectivity index (χ1n) is 7.07. The number of carbonyl (C=O) groups is 1. The molecule has 0 aromatic carbocycles.